The Labute approximate surface area is 105 Å². The summed E-state index contributed by atoms with van der Waals surface area (Å²) in [4.78, 5) is 22.8. The number of aryl methyl sites for hydroxylation is 2. The highest BCUT2D eigenvalue weighted by molar-refractivity contribution is 5.95. The zero-order valence-electron chi connectivity index (χ0n) is 10.6. The van der Waals surface area contributed by atoms with E-state index < -0.39 is 17.9 Å². The maximum atomic E-state index is 11.8. The van der Waals surface area contributed by atoms with Gasteiger partial charge in [0.1, 0.15) is 11.8 Å². The smallest absolute Gasteiger partial charge is 0.326 e. The van der Waals surface area contributed by atoms with Crippen molar-refractivity contribution in [3.05, 3.63) is 23.2 Å². The molecule has 1 atom stereocenters. The van der Waals surface area contributed by atoms with Gasteiger partial charge >= 0.3 is 5.97 Å². The molecule has 0 bridgehead atoms. The molecule has 18 heavy (non-hydrogen) atoms. The van der Waals surface area contributed by atoms with Gasteiger partial charge in [0, 0.05) is 25.7 Å². The molecule has 1 amide bonds. The van der Waals surface area contributed by atoms with E-state index in [1.54, 1.807) is 19.9 Å². The molecule has 6 heteroatoms. The van der Waals surface area contributed by atoms with Gasteiger partial charge in [0.2, 0.25) is 0 Å². The molecule has 1 unspecified atom stereocenters. The molecule has 0 radical (unpaired) electrons. The fourth-order valence-electron chi connectivity index (χ4n) is 1.58. The van der Waals surface area contributed by atoms with Crippen LogP contribution in [0.25, 0.3) is 0 Å². The third kappa shape index (κ3) is 3.59. The molecule has 0 aliphatic carbocycles. The van der Waals surface area contributed by atoms with E-state index in [0.29, 0.717) is 11.3 Å². The summed E-state index contributed by atoms with van der Waals surface area (Å²) in [6.07, 6.45) is 0.205. The van der Waals surface area contributed by atoms with Gasteiger partial charge in [-0.05, 0) is 19.9 Å². The Morgan fingerprint density at radius 3 is 2.61 bits per heavy atom. The molecule has 1 aromatic rings. The molecule has 1 aromatic heterocycles. The van der Waals surface area contributed by atoms with Crippen LogP contribution in [0, 0.1) is 13.8 Å². The number of rotatable bonds is 6. The van der Waals surface area contributed by atoms with Gasteiger partial charge in [0.25, 0.3) is 5.91 Å². The SMILES string of the molecule is COCCC(NC(=O)c1oc(C)cc1C)C(=O)O. The van der Waals surface area contributed by atoms with Gasteiger partial charge in [-0.1, -0.05) is 0 Å². The van der Waals surface area contributed by atoms with Crippen LogP contribution in [0.5, 0.6) is 0 Å². The lowest BCUT2D eigenvalue weighted by Gasteiger charge is -2.13. The molecule has 1 heterocycles. The van der Waals surface area contributed by atoms with Gasteiger partial charge in [0.15, 0.2) is 5.76 Å². The van der Waals surface area contributed by atoms with Crippen LogP contribution in [0.2, 0.25) is 0 Å². The third-order valence-corrected chi connectivity index (χ3v) is 2.46. The zero-order chi connectivity index (χ0) is 13.7. The van der Waals surface area contributed by atoms with E-state index in [-0.39, 0.29) is 18.8 Å². The number of nitrogens with one attached hydrogen (secondary N) is 1. The number of carboxylic acid groups (broad SMARTS) is 1. The molecule has 0 spiro atoms. The Kier molecular flexibility index (Phi) is 4.91. The van der Waals surface area contributed by atoms with E-state index in [9.17, 15) is 9.59 Å². The topological polar surface area (TPSA) is 88.8 Å². The summed E-state index contributed by atoms with van der Waals surface area (Å²) in [6, 6.07) is 0.738. The molecule has 0 aliphatic rings. The second kappa shape index (κ2) is 6.20. The molecular formula is C12H17NO5. The highest BCUT2D eigenvalue weighted by Gasteiger charge is 2.23. The highest BCUT2D eigenvalue weighted by atomic mass is 16.5. The fourth-order valence-corrected chi connectivity index (χ4v) is 1.58. The first-order chi connectivity index (χ1) is 8.45. The summed E-state index contributed by atoms with van der Waals surface area (Å²) in [5.41, 5.74) is 0.681. The van der Waals surface area contributed by atoms with Crippen LogP contribution in [0.4, 0.5) is 0 Å². The Balaban J connectivity index is 2.72. The average molecular weight is 255 g/mol. The minimum absolute atomic E-state index is 0.149. The second-order valence-electron chi connectivity index (χ2n) is 4.01. The van der Waals surface area contributed by atoms with Crippen molar-refractivity contribution in [2.75, 3.05) is 13.7 Å². The average Bonchev–Trinajstić information content (AvgIpc) is 2.63. The quantitative estimate of drug-likeness (QED) is 0.795. The number of carbonyl (C=O) groups excluding carboxylic acids is 1. The molecule has 0 fully saturated rings. The number of hydrogen-bond acceptors (Lipinski definition) is 4. The lowest BCUT2D eigenvalue weighted by Crippen LogP contribution is -2.41. The van der Waals surface area contributed by atoms with E-state index >= 15 is 0 Å². The largest absolute Gasteiger partial charge is 0.480 e. The van der Waals surface area contributed by atoms with E-state index in [2.05, 4.69) is 5.32 Å². The third-order valence-electron chi connectivity index (χ3n) is 2.46. The predicted molar refractivity (Wildman–Crippen MR) is 63.6 cm³/mol. The van der Waals surface area contributed by atoms with Crippen molar-refractivity contribution in [1.29, 1.82) is 0 Å². The number of hydrogen-bond donors (Lipinski definition) is 2. The van der Waals surface area contributed by atoms with Gasteiger partial charge in [0.05, 0.1) is 0 Å². The Bertz CT molecular complexity index is 438. The Hall–Kier alpha value is -1.82. The number of amides is 1. The monoisotopic (exact) mass is 255 g/mol. The summed E-state index contributed by atoms with van der Waals surface area (Å²) < 4.78 is 10.0. The molecule has 6 nitrogen and oxygen atoms in total. The Morgan fingerprint density at radius 1 is 1.50 bits per heavy atom. The number of furan rings is 1. The lowest BCUT2D eigenvalue weighted by molar-refractivity contribution is -0.139. The highest BCUT2D eigenvalue weighted by Crippen LogP contribution is 2.13. The van der Waals surface area contributed by atoms with Crippen LogP contribution in [0.1, 0.15) is 28.3 Å². The van der Waals surface area contributed by atoms with E-state index in [1.807, 2.05) is 0 Å². The first-order valence-corrected chi connectivity index (χ1v) is 5.55. The van der Waals surface area contributed by atoms with Crippen molar-refractivity contribution in [2.24, 2.45) is 0 Å². The second-order valence-corrected chi connectivity index (χ2v) is 4.01. The van der Waals surface area contributed by atoms with Crippen molar-refractivity contribution >= 4 is 11.9 Å². The first-order valence-electron chi connectivity index (χ1n) is 5.55. The van der Waals surface area contributed by atoms with Crippen LogP contribution < -0.4 is 5.32 Å². The van der Waals surface area contributed by atoms with E-state index in [4.69, 9.17) is 14.3 Å². The van der Waals surface area contributed by atoms with Crippen LogP contribution in [0.3, 0.4) is 0 Å². The first kappa shape index (κ1) is 14.2. The summed E-state index contributed by atoms with van der Waals surface area (Å²) >= 11 is 0. The number of aliphatic carboxylic acids is 1. The fraction of sp³-hybridized carbons (Fsp3) is 0.500. The maximum absolute atomic E-state index is 11.8. The molecule has 2 N–H and O–H groups in total. The van der Waals surface area contributed by atoms with Gasteiger partial charge in [-0.3, -0.25) is 4.79 Å². The van der Waals surface area contributed by atoms with Gasteiger partial charge in [-0.25, -0.2) is 4.79 Å². The number of methoxy groups -OCH3 is 1. The van der Waals surface area contributed by atoms with E-state index in [0.717, 1.165) is 0 Å². The Morgan fingerprint density at radius 2 is 2.17 bits per heavy atom. The number of carboxylic acids is 1. The van der Waals surface area contributed by atoms with Crippen molar-refractivity contribution in [1.82, 2.24) is 5.32 Å². The van der Waals surface area contributed by atoms with Crippen LogP contribution in [0.15, 0.2) is 10.5 Å². The van der Waals surface area contributed by atoms with E-state index in [1.165, 1.54) is 7.11 Å². The minimum atomic E-state index is -1.10. The normalized spacial score (nSPS) is 12.2. The van der Waals surface area contributed by atoms with Crippen molar-refractivity contribution in [3.8, 4) is 0 Å². The molecule has 1 rings (SSSR count). The molecule has 0 aliphatic heterocycles. The van der Waals surface area contributed by atoms with Crippen molar-refractivity contribution in [2.45, 2.75) is 26.3 Å². The van der Waals surface area contributed by atoms with Crippen LogP contribution in [-0.4, -0.2) is 36.7 Å². The van der Waals surface area contributed by atoms with Crippen LogP contribution >= 0.6 is 0 Å². The minimum Gasteiger partial charge on any atom is -0.480 e. The standard InChI is InChI=1S/C12H17NO5/c1-7-6-8(2)18-10(7)11(14)13-9(12(15)16)4-5-17-3/h6,9H,4-5H2,1-3H3,(H,13,14)(H,15,16). The maximum Gasteiger partial charge on any atom is 0.326 e. The zero-order valence-corrected chi connectivity index (χ0v) is 10.6. The van der Waals surface area contributed by atoms with Gasteiger partial charge < -0.3 is 19.6 Å². The number of ether oxygens (including phenoxy) is 1. The van der Waals surface area contributed by atoms with Gasteiger partial charge in [-0.15, -0.1) is 0 Å². The van der Waals surface area contributed by atoms with Crippen molar-refractivity contribution in [3.63, 3.8) is 0 Å². The summed E-state index contributed by atoms with van der Waals surface area (Å²) in [6.45, 7) is 3.72. The molecule has 0 saturated heterocycles. The molecule has 0 saturated carbocycles. The molecular weight excluding hydrogens is 238 g/mol. The lowest BCUT2D eigenvalue weighted by atomic mass is 10.2. The summed E-state index contributed by atoms with van der Waals surface area (Å²) in [5, 5.41) is 11.4. The summed E-state index contributed by atoms with van der Waals surface area (Å²) in [5.74, 6) is -0.858. The number of carbonyl (C=O) groups is 2. The van der Waals surface area contributed by atoms with Gasteiger partial charge in [-0.2, -0.15) is 0 Å². The molecule has 0 aromatic carbocycles. The van der Waals surface area contributed by atoms with Crippen LogP contribution in [-0.2, 0) is 9.53 Å². The van der Waals surface area contributed by atoms with Crippen molar-refractivity contribution < 1.29 is 23.8 Å². The summed E-state index contributed by atoms with van der Waals surface area (Å²) in [7, 11) is 1.47. The predicted octanol–water partition coefficient (Wildman–Crippen LogP) is 1.12. The molecule has 100 valence electrons.